The van der Waals surface area contributed by atoms with E-state index in [2.05, 4.69) is 10.4 Å². The molecule has 0 saturated heterocycles. The highest BCUT2D eigenvalue weighted by atomic mass is 19.3. The Bertz CT molecular complexity index is 1430. The number of pyridine rings is 2. The van der Waals surface area contributed by atoms with Gasteiger partial charge in [-0.3, -0.25) is 9.59 Å². The molecule has 0 radical (unpaired) electrons. The first-order valence-corrected chi connectivity index (χ1v) is 10.1. The molecule has 0 aliphatic heterocycles. The van der Waals surface area contributed by atoms with Crippen molar-refractivity contribution in [1.29, 1.82) is 0 Å². The molecule has 0 unspecified atom stereocenters. The second kappa shape index (κ2) is 6.76. The fourth-order valence-electron chi connectivity index (χ4n) is 4.19. The lowest BCUT2D eigenvalue weighted by Gasteiger charge is -2.21. The van der Waals surface area contributed by atoms with Gasteiger partial charge in [-0.1, -0.05) is 6.07 Å². The molecule has 4 heterocycles. The van der Waals surface area contributed by atoms with Gasteiger partial charge in [-0.05, 0) is 44.0 Å². The Hall–Kier alpha value is -3.49. The van der Waals surface area contributed by atoms with Crippen molar-refractivity contribution in [3.8, 4) is 0 Å². The molecule has 1 saturated carbocycles. The van der Waals surface area contributed by atoms with Crippen LogP contribution < -0.4 is 16.4 Å². The van der Waals surface area contributed by atoms with Crippen molar-refractivity contribution in [2.75, 3.05) is 5.32 Å². The first kappa shape index (κ1) is 19.5. The minimum Gasteiger partial charge on any atom is -0.360 e. The zero-order valence-electron chi connectivity index (χ0n) is 17.0. The van der Waals surface area contributed by atoms with Crippen LogP contribution in [0.15, 0.2) is 58.4 Å². The fourth-order valence-corrected chi connectivity index (χ4v) is 4.19. The first-order valence-electron chi connectivity index (χ1n) is 10.1. The molecule has 4 aromatic heterocycles. The van der Waals surface area contributed by atoms with Gasteiger partial charge in [-0.15, -0.1) is 0 Å². The minimum atomic E-state index is -2.66. The van der Waals surface area contributed by atoms with E-state index in [0.717, 1.165) is 26.5 Å². The highest BCUT2D eigenvalue weighted by Gasteiger charge is 2.53. The molecular formula is C22H21F2N5O2. The number of halogens is 2. The largest absolute Gasteiger partial charge is 0.360 e. The van der Waals surface area contributed by atoms with Crippen LogP contribution in [0.3, 0.4) is 0 Å². The van der Waals surface area contributed by atoms with Gasteiger partial charge in [-0.25, -0.2) is 13.5 Å². The third-order valence-electron chi connectivity index (χ3n) is 6.12. The quantitative estimate of drug-likeness (QED) is 0.533. The van der Waals surface area contributed by atoms with Crippen LogP contribution in [-0.4, -0.2) is 25.2 Å². The van der Waals surface area contributed by atoms with Crippen molar-refractivity contribution < 1.29 is 8.78 Å². The van der Waals surface area contributed by atoms with Gasteiger partial charge in [0.15, 0.2) is 5.82 Å². The fraction of sp³-hybridized carbons (Fsp3) is 0.318. The number of nitrogens with one attached hydrogen (secondary N) is 1. The summed E-state index contributed by atoms with van der Waals surface area (Å²) >= 11 is 0. The van der Waals surface area contributed by atoms with Gasteiger partial charge in [0.1, 0.15) is 5.54 Å². The predicted octanol–water partition coefficient (Wildman–Crippen LogP) is 3.28. The highest BCUT2D eigenvalue weighted by Crippen LogP contribution is 2.48. The Morgan fingerprint density at radius 1 is 1.13 bits per heavy atom. The molecule has 0 bridgehead atoms. The number of hydrogen-bond acceptors (Lipinski definition) is 4. The summed E-state index contributed by atoms with van der Waals surface area (Å²) in [5, 5.41) is 8.14. The average molecular weight is 425 g/mol. The van der Waals surface area contributed by atoms with Crippen molar-refractivity contribution in [3.05, 3.63) is 75.2 Å². The number of hydrogen-bond donors (Lipinski definition) is 1. The highest BCUT2D eigenvalue weighted by molar-refractivity contribution is 5.90. The zero-order valence-corrected chi connectivity index (χ0v) is 17.0. The summed E-state index contributed by atoms with van der Waals surface area (Å²) in [6, 6.07) is 10.8. The van der Waals surface area contributed by atoms with Gasteiger partial charge in [0, 0.05) is 42.1 Å². The lowest BCUT2D eigenvalue weighted by atomic mass is 10.1. The molecule has 1 aliphatic carbocycles. The number of nitrogens with zero attached hydrogens (tertiary/aromatic N) is 4. The number of rotatable bonds is 5. The summed E-state index contributed by atoms with van der Waals surface area (Å²) in [6.07, 6.45) is 1.10. The van der Waals surface area contributed by atoms with Crippen molar-refractivity contribution >= 4 is 22.1 Å². The predicted molar refractivity (Wildman–Crippen MR) is 114 cm³/mol. The van der Waals surface area contributed by atoms with Gasteiger partial charge in [-0.2, -0.15) is 5.10 Å². The van der Waals surface area contributed by atoms with E-state index >= 15 is 0 Å². The van der Waals surface area contributed by atoms with Crippen molar-refractivity contribution in [1.82, 2.24) is 18.7 Å². The maximum Gasteiger partial charge on any atom is 0.274 e. The van der Waals surface area contributed by atoms with Crippen molar-refractivity contribution in [2.24, 2.45) is 7.05 Å². The molecule has 1 fully saturated rings. The van der Waals surface area contributed by atoms with E-state index in [0.29, 0.717) is 11.2 Å². The third kappa shape index (κ3) is 2.95. The molecule has 0 aromatic carbocycles. The Labute approximate surface area is 175 Å². The molecule has 5 rings (SSSR count). The first-order chi connectivity index (χ1) is 14.8. The van der Waals surface area contributed by atoms with Crippen LogP contribution in [0.4, 0.5) is 14.6 Å². The topological polar surface area (TPSA) is 73.3 Å². The van der Waals surface area contributed by atoms with E-state index in [-0.39, 0.29) is 24.3 Å². The summed E-state index contributed by atoms with van der Waals surface area (Å²) in [5.74, 6) is 0.354. The monoisotopic (exact) mass is 425 g/mol. The smallest absolute Gasteiger partial charge is 0.274 e. The number of aryl methyl sites for hydroxylation is 1. The van der Waals surface area contributed by atoms with Crippen molar-refractivity contribution in [3.63, 3.8) is 0 Å². The Morgan fingerprint density at radius 2 is 1.87 bits per heavy atom. The zero-order chi connectivity index (χ0) is 21.9. The summed E-state index contributed by atoms with van der Waals surface area (Å²) in [6.45, 7) is 1.95. The van der Waals surface area contributed by atoms with Crippen LogP contribution in [-0.2, 0) is 12.6 Å². The maximum atomic E-state index is 13.7. The van der Waals surface area contributed by atoms with Crippen LogP contribution in [0.25, 0.3) is 16.3 Å². The molecule has 1 atom stereocenters. The van der Waals surface area contributed by atoms with E-state index in [9.17, 15) is 18.4 Å². The molecule has 1 aliphatic rings. The van der Waals surface area contributed by atoms with Crippen LogP contribution >= 0.6 is 0 Å². The average Bonchev–Trinajstić information content (AvgIpc) is 3.41. The summed E-state index contributed by atoms with van der Waals surface area (Å²) < 4.78 is 31.6. The molecule has 7 nitrogen and oxygen atoms in total. The van der Waals surface area contributed by atoms with Crippen LogP contribution in [0.5, 0.6) is 0 Å². The SMILES string of the molecule is C[C@H](Nc1nn(C)c(=O)c2cc(=O)n(C3(C(F)F)CC3)cc12)c1cccc2cccn12. The molecular weight excluding hydrogens is 404 g/mol. The van der Waals surface area contributed by atoms with Gasteiger partial charge in [0.05, 0.1) is 11.4 Å². The molecule has 0 amide bonds. The lowest BCUT2D eigenvalue weighted by Crippen LogP contribution is -2.36. The standard InChI is InChI=1S/C22H21F2N5O2/c1-13(17-7-3-5-14-6-4-10-28(14)17)25-19-16-12-29(22(8-9-22)21(23)24)18(30)11-15(16)20(31)27(2)26-19/h3-7,10-13,21H,8-9H2,1-2H3,(H,25,26)/t13-/m0/s1. The summed E-state index contributed by atoms with van der Waals surface area (Å²) in [5.41, 5.74) is -0.556. The molecule has 4 aromatic rings. The number of alkyl halides is 2. The summed E-state index contributed by atoms with van der Waals surface area (Å²) in [4.78, 5) is 25.2. The van der Waals surface area contributed by atoms with Gasteiger partial charge >= 0.3 is 0 Å². The number of fused-ring (bicyclic) bond motifs is 2. The van der Waals surface area contributed by atoms with Gasteiger partial charge in [0.25, 0.3) is 17.5 Å². The molecule has 31 heavy (non-hydrogen) atoms. The van der Waals surface area contributed by atoms with Gasteiger partial charge in [0.2, 0.25) is 0 Å². The normalized spacial score (nSPS) is 16.2. The van der Waals surface area contributed by atoms with E-state index in [4.69, 9.17) is 0 Å². The molecule has 0 spiro atoms. The van der Waals surface area contributed by atoms with E-state index in [1.165, 1.54) is 13.2 Å². The van der Waals surface area contributed by atoms with Crippen LogP contribution in [0.1, 0.15) is 31.5 Å². The minimum absolute atomic E-state index is 0.151. The molecule has 9 heteroatoms. The van der Waals surface area contributed by atoms with E-state index < -0.39 is 23.1 Å². The number of aromatic nitrogens is 4. The van der Waals surface area contributed by atoms with Crippen molar-refractivity contribution in [2.45, 2.75) is 37.8 Å². The molecule has 160 valence electrons. The molecule has 1 N–H and O–H groups in total. The van der Waals surface area contributed by atoms with E-state index in [1.54, 1.807) is 0 Å². The lowest BCUT2D eigenvalue weighted by molar-refractivity contribution is 0.0654. The van der Waals surface area contributed by atoms with Crippen LogP contribution in [0.2, 0.25) is 0 Å². The summed E-state index contributed by atoms with van der Waals surface area (Å²) in [7, 11) is 1.50. The Kier molecular flexibility index (Phi) is 4.25. The maximum absolute atomic E-state index is 13.7. The van der Waals surface area contributed by atoms with E-state index in [1.807, 2.05) is 47.9 Å². The van der Waals surface area contributed by atoms with Crippen LogP contribution in [0, 0.1) is 0 Å². The third-order valence-corrected chi connectivity index (χ3v) is 6.12. The number of anilines is 1. The Balaban J connectivity index is 1.66. The second-order valence-electron chi connectivity index (χ2n) is 8.11. The van der Waals surface area contributed by atoms with Gasteiger partial charge < -0.3 is 14.3 Å². The second-order valence-corrected chi connectivity index (χ2v) is 8.11. The Morgan fingerprint density at radius 3 is 2.58 bits per heavy atom.